The molecular formula is C10H10ClFO2. The first-order valence-corrected chi connectivity index (χ1v) is 4.47. The number of rotatable bonds is 3. The third-order valence-corrected chi connectivity index (χ3v) is 2.08. The van der Waals surface area contributed by atoms with Gasteiger partial charge in [0.05, 0.1) is 7.11 Å². The second kappa shape index (κ2) is 4.42. The average molecular weight is 217 g/mol. The number of carbonyl (C=O) groups excluding carboxylic acids is 1. The number of hydrogen-bond acceptors (Lipinski definition) is 2. The van der Waals surface area contributed by atoms with Crippen molar-refractivity contribution in [2.24, 2.45) is 0 Å². The first-order valence-electron chi connectivity index (χ1n) is 4.03. The topological polar surface area (TPSA) is 26.3 Å². The van der Waals surface area contributed by atoms with Crippen molar-refractivity contribution in [3.8, 4) is 5.75 Å². The fraction of sp³-hybridized carbons (Fsp3) is 0.300. The number of carbonyl (C=O) groups is 1. The molecule has 0 aliphatic heterocycles. The monoisotopic (exact) mass is 216 g/mol. The van der Waals surface area contributed by atoms with E-state index in [1.807, 2.05) is 0 Å². The van der Waals surface area contributed by atoms with Gasteiger partial charge in [0.25, 0.3) is 0 Å². The van der Waals surface area contributed by atoms with Crippen LogP contribution in [0.4, 0.5) is 4.39 Å². The molecule has 0 N–H and O–H groups in total. The average Bonchev–Trinajstić information content (AvgIpc) is 2.16. The maximum absolute atomic E-state index is 12.5. The van der Waals surface area contributed by atoms with Crippen molar-refractivity contribution >= 4 is 17.4 Å². The van der Waals surface area contributed by atoms with Gasteiger partial charge in [0, 0.05) is 5.56 Å². The van der Waals surface area contributed by atoms with Crippen LogP contribution in [-0.2, 0) is 0 Å². The molecule has 0 saturated heterocycles. The Labute approximate surface area is 86.6 Å². The molecule has 0 aliphatic carbocycles. The van der Waals surface area contributed by atoms with Crippen LogP contribution in [0.15, 0.2) is 18.2 Å². The molecule has 0 aromatic heterocycles. The largest absolute Gasteiger partial charge is 0.496 e. The zero-order valence-electron chi connectivity index (χ0n) is 7.88. The third-order valence-electron chi connectivity index (χ3n) is 1.88. The first kappa shape index (κ1) is 11.0. The van der Waals surface area contributed by atoms with E-state index in [1.165, 1.54) is 13.2 Å². The molecule has 0 bridgehead atoms. The lowest BCUT2D eigenvalue weighted by molar-refractivity contribution is 0.0934. The molecule has 0 amide bonds. The van der Waals surface area contributed by atoms with Crippen molar-refractivity contribution in [1.29, 1.82) is 0 Å². The number of benzene rings is 1. The van der Waals surface area contributed by atoms with Crippen molar-refractivity contribution < 1.29 is 13.9 Å². The van der Waals surface area contributed by atoms with E-state index < -0.39 is 11.4 Å². The highest BCUT2D eigenvalue weighted by molar-refractivity contribution is 6.32. The molecular weight excluding hydrogens is 207 g/mol. The van der Waals surface area contributed by atoms with Crippen LogP contribution in [0.25, 0.3) is 0 Å². The van der Waals surface area contributed by atoms with Crippen LogP contribution in [0.2, 0.25) is 0 Å². The highest BCUT2D eigenvalue weighted by atomic mass is 35.5. The number of ketones is 1. The standard InChI is InChI=1S/C10H10ClFO2/c1-6-5-7(9(13)10(11)12)3-4-8(6)14-2/h3-5,10H,1-2H3/t10-/m0/s1. The molecule has 14 heavy (non-hydrogen) atoms. The Morgan fingerprint density at radius 3 is 2.64 bits per heavy atom. The van der Waals surface area contributed by atoms with Gasteiger partial charge in [-0.2, -0.15) is 0 Å². The Bertz CT molecular complexity index is 350. The van der Waals surface area contributed by atoms with Crippen LogP contribution >= 0.6 is 11.6 Å². The van der Waals surface area contributed by atoms with Gasteiger partial charge in [-0.05, 0) is 30.7 Å². The van der Waals surface area contributed by atoms with Crippen LogP contribution in [0, 0.1) is 6.92 Å². The van der Waals surface area contributed by atoms with Crippen LogP contribution in [0.5, 0.6) is 5.75 Å². The number of alkyl halides is 2. The number of halogens is 2. The van der Waals surface area contributed by atoms with Gasteiger partial charge in [0.2, 0.25) is 11.4 Å². The molecule has 0 fully saturated rings. The van der Waals surface area contributed by atoms with E-state index in [0.717, 1.165) is 5.56 Å². The van der Waals surface area contributed by atoms with E-state index in [0.29, 0.717) is 5.75 Å². The van der Waals surface area contributed by atoms with Gasteiger partial charge in [-0.3, -0.25) is 4.79 Å². The van der Waals surface area contributed by atoms with E-state index in [-0.39, 0.29) is 5.56 Å². The lowest BCUT2D eigenvalue weighted by Crippen LogP contribution is -2.09. The Hall–Kier alpha value is -1.09. The molecule has 4 heteroatoms. The van der Waals surface area contributed by atoms with Crippen LogP contribution < -0.4 is 4.74 Å². The quantitative estimate of drug-likeness (QED) is 0.574. The Kier molecular flexibility index (Phi) is 3.47. The van der Waals surface area contributed by atoms with Crippen LogP contribution in [0.3, 0.4) is 0 Å². The second-order valence-electron chi connectivity index (χ2n) is 2.85. The highest BCUT2D eigenvalue weighted by Gasteiger charge is 2.16. The summed E-state index contributed by atoms with van der Waals surface area (Å²) in [4.78, 5) is 11.1. The van der Waals surface area contributed by atoms with E-state index in [9.17, 15) is 9.18 Å². The fourth-order valence-corrected chi connectivity index (χ4v) is 1.28. The molecule has 0 spiro atoms. The Balaban J connectivity index is 3.03. The summed E-state index contributed by atoms with van der Waals surface area (Å²) in [6.45, 7) is 1.77. The number of aryl methyl sites for hydroxylation is 1. The van der Waals surface area contributed by atoms with Crippen LogP contribution in [-0.4, -0.2) is 18.5 Å². The summed E-state index contributed by atoms with van der Waals surface area (Å²) in [5.41, 5.74) is -0.954. The number of Topliss-reactive ketones (excluding diaryl/α,β-unsaturated/α-hetero) is 1. The van der Waals surface area contributed by atoms with E-state index in [1.54, 1.807) is 19.1 Å². The van der Waals surface area contributed by atoms with Crippen LogP contribution in [0.1, 0.15) is 15.9 Å². The minimum absolute atomic E-state index is 0.255. The van der Waals surface area contributed by atoms with Crippen molar-refractivity contribution in [2.75, 3.05) is 7.11 Å². The zero-order chi connectivity index (χ0) is 10.7. The van der Waals surface area contributed by atoms with Crippen molar-refractivity contribution in [1.82, 2.24) is 0 Å². The molecule has 0 heterocycles. The van der Waals surface area contributed by atoms with E-state index in [2.05, 4.69) is 0 Å². The SMILES string of the molecule is COc1ccc(C(=O)[C@H](F)Cl)cc1C. The van der Waals surface area contributed by atoms with Gasteiger partial charge in [-0.25, -0.2) is 4.39 Å². The molecule has 1 rings (SSSR count). The predicted octanol–water partition coefficient (Wildman–Crippen LogP) is 2.72. The summed E-state index contributed by atoms with van der Waals surface area (Å²) in [5, 5.41) is 0. The van der Waals surface area contributed by atoms with Gasteiger partial charge in [0.15, 0.2) is 0 Å². The van der Waals surface area contributed by atoms with Crippen molar-refractivity contribution in [2.45, 2.75) is 12.6 Å². The summed E-state index contributed by atoms with van der Waals surface area (Å²) >= 11 is 5.04. The fourth-order valence-electron chi connectivity index (χ4n) is 1.16. The maximum Gasteiger partial charge on any atom is 0.235 e. The van der Waals surface area contributed by atoms with Crippen molar-refractivity contribution in [3.05, 3.63) is 29.3 Å². The minimum Gasteiger partial charge on any atom is -0.496 e. The minimum atomic E-state index is -1.98. The number of ether oxygens (including phenoxy) is 1. The number of methoxy groups -OCH3 is 1. The molecule has 0 radical (unpaired) electrons. The van der Waals surface area contributed by atoms with Gasteiger partial charge in [-0.15, -0.1) is 0 Å². The second-order valence-corrected chi connectivity index (χ2v) is 3.23. The summed E-state index contributed by atoms with van der Waals surface area (Å²) in [6, 6.07) is 4.65. The molecule has 76 valence electrons. The summed E-state index contributed by atoms with van der Waals surface area (Å²) < 4.78 is 17.5. The molecule has 0 saturated carbocycles. The lowest BCUT2D eigenvalue weighted by atomic mass is 10.1. The third kappa shape index (κ3) is 2.23. The molecule has 1 aromatic carbocycles. The molecule has 0 aliphatic rings. The Morgan fingerprint density at radius 2 is 2.21 bits per heavy atom. The maximum atomic E-state index is 12.5. The first-order chi connectivity index (χ1) is 6.56. The number of hydrogen-bond donors (Lipinski definition) is 0. The summed E-state index contributed by atoms with van der Waals surface area (Å²) in [6.07, 6.45) is 0. The van der Waals surface area contributed by atoms with Gasteiger partial charge < -0.3 is 4.74 Å². The smallest absolute Gasteiger partial charge is 0.235 e. The van der Waals surface area contributed by atoms with E-state index in [4.69, 9.17) is 16.3 Å². The Morgan fingerprint density at radius 1 is 1.57 bits per heavy atom. The molecule has 1 aromatic rings. The normalized spacial score (nSPS) is 12.3. The molecule has 1 atom stereocenters. The van der Waals surface area contributed by atoms with Gasteiger partial charge in [-0.1, -0.05) is 11.6 Å². The summed E-state index contributed by atoms with van der Waals surface area (Å²) in [7, 11) is 1.53. The van der Waals surface area contributed by atoms with Crippen molar-refractivity contribution in [3.63, 3.8) is 0 Å². The lowest BCUT2D eigenvalue weighted by Gasteiger charge is -2.06. The van der Waals surface area contributed by atoms with Gasteiger partial charge >= 0.3 is 0 Å². The predicted molar refractivity (Wildman–Crippen MR) is 52.8 cm³/mol. The van der Waals surface area contributed by atoms with E-state index >= 15 is 0 Å². The van der Waals surface area contributed by atoms with Gasteiger partial charge in [0.1, 0.15) is 5.75 Å². The molecule has 0 unspecified atom stereocenters. The summed E-state index contributed by atoms with van der Waals surface area (Å²) in [5.74, 6) is -0.0658. The highest BCUT2D eigenvalue weighted by Crippen LogP contribution is 2.20. The molecule has 2 nitrogen and oxygen atoms in total. The zero-order valence-corrected chi connectivity index (χ0v) is 8.64.